The number of aliphatic hydroxyl groups excluding tert-OH is 1. The zero-order valence-electron chi connectivity index (χ0n) is 9.08. The molecule has 0 saturated heterocycles. The number of aliphatic hydroxyl groups is 1. The van der Waals surface area contributed by atoms with Gasteiger partial charge in [0.2, 0.25) is 0 Å². The van der Waals surface area contributed by atoms with E-state index in [9.17, 15) is 9.50 Å². The fourth-order valence-corrected chi connectivity index (χ4v) is 2.81. The predicted molar refractivity (Wildman–Crippen MR) is 60.0 cm³/mol. The van der Waals surface area contributed by atoms with Gasteiger partial charge in [0.1, 0.15) is 5.82 Å². The second-order valence-electron chi connectivity index (χ2n) is 4.49. The van der Waals surface area contributed by atoms with Gasteiger partial charge in [-0.2, -0.15) is 5.26 Å². The van der Waals surface area contributed by atoms with E-state index >= 15 is 0 Å². The molecular formula is C11H14FNOSi. The Morgan fingerprint density at radius 1 is 1.40 bits per heavy atom. The van der Waals surface area contributed by atoms with Crippen molar-refractivity contribution < 1.29 is 9.50 Å². The molecule has 1 rings (SSSR count). The molecule has 0 heterocycles. The molecule has 0 saturated carbocycles. The molecule has 1 aromatic rings. The molecule has 0 bridgehead atoms. The minimum atomic E-state index is -1.76. The van der Waals surface area contributed by atoms with Crippen molar-refractivity contribution in [1.29, 1.82) is 5.26 Å². The van der Waals surface area contributed by atoms with Crippen LogP contribution in [0.2, 0.25) is 19.6 Å². The van der Waals surface area contributed by atoms with Crippen molar-refractivity contribution in [1.82, 2.24) is 0 Å². The van der Waals surface area contributed by atoms with Crippen molar-refractivity contribution in [2.75, 3.05) is 0 Å². The summed E-state index contributed by atoms with van der Waals surface area (Å²) in [4.78, 5) is 0. The van der Waals surface area contributed by atoms with E-state index in [1.807, 2.05) is 19.6 Å². The van der Waals surface area contributed by atoms with Crippen molar-refractivity contribution in [2.24, 2.45) is 0 Å². The topological polar surface area (TPSA) is 44.0 Å². The van der Waals surface area contributed by atoms with Crippen LogP contribution in [0.25, 0.3) is 0 Å². The second-order valence-corrected chi connectivity index (χ2v) is 9.53. The second kappa shape index (κ2) is 4.13. The average Bonchev–Trinajstić information content (AvgIpc) is 2.15. The number of rotatable bonds is 2. The van der Waals surface area contributed by atoms with Gasteiger partial charge < -0.3 is 5.11 Å². The molecule has 0 aliphatic carbocycles. The van der Waals surface area contributed by atoms with Crippen molar-refractivity contribution in [3.8, 4) is 6.07 Å². The van der Waals surface area contributed by atoms with Gasteiger partial charge in [0, 0.05) is 5.56 Å². The zero-order valence-corrected chi connectivity index (χ0v) is 10.1. The van der Waals surface area contributed by atoms with E-state index in [-0.39, 0.29) is 5.56 Å². The highest BCUT2D eigenvalue weighted by atomic mass is 28.3. The largest absolute Gasteiger partial charge is 0.374 e. The minimum Gasteiger partial charge on any atom is -0.374 e. The first-order valence-electron chi connectivity index (χ1n) is 4.74. The van der Waals surface area contributed by atoms with Crippen LogP contribution in [0.15, 0.2) is 18.2 Å². The van der Waals surface area contributed by atoms with E-state index < -0.39 is 20.0 Å². The minimum absolute atomic E-state index is 0.0809. The predicted octanol–water partition coefficient (Wildman–Crippen LogP) is 1.93. The van der Waals surface area contributed by atoms with Gasteiger partial charge in [0.15, 0.2) is 6.10 Å². The van der Waals surface area contributed by atoms with E-state index in [4.69, 9.17) is 5.26 Å². The number of hydrogen-bond acceptors (Lipinski definition) is 2. The normalized spacial score (nSPS) is 13.3. The van der Waals surface area contributed by atoms with E-state index in [0.717, 1.165) is 0 Å². The summed E-state index contributed by atoms with van der Waals surface area (Å²) < 4.78 is 13.9. The molecule has 15 heavy (non-hydrogen) atoms. The Labute approximate surface area is 90.0 Å². The van der Waals surface area contributed by atoms with Crippen LogP contribution in [0.5, 0.6) is 0 Å². The van der Waals surface area contributed by atoms with Crippen LogP contribution >= 0.6 is 0 Å². The first-order chi connectivity index (χ1) is 6.88. The summed E-state index contributed by atoms with van der Waals surface area (Å²) >= 11 is 0. The average molecular weight is 223 g/mol. The maximum atomic E-state index is 13.9. The molecule has 1 atom stereocenters. The molecular weight excluding hydrogens is 209 g/mol. The van der Waals surface area contributed by atoms with Crippen LogP contribution in [-0.2, 0) is 0 Å². The third-order valence-electron chi connectivity index (χ3n) is 2.25. The molecule has 1 unspecified atom stereocenters. The van der Waals surface area contributed by atoms with Crippen LogP contribution in [0.1, 0.15) is 11.7 Å². The third kappa shape index (κ3) is 2.43. The van der Waals surface area contributed by atoms with Crippen molar-refractivity contribution >= 4 is 13.3 Å². The summed E-state index contributed by atoms with van der Waals surface area (Å²) in [6.07, 6.45) is -1.37. The molecule has 1 N–H and O–H groups in total. The highest BCUT2D eigenvalue weighted by Gasteiger charge is 2.24. The lowest BCUT2D eigenvalue weighted by atomic mass is 10.1. The molecule has 0 aliphatic rings. The van der Waals surface area contributed by atoms with Gasteiger partial charge in [-0.05, 0) is 5.19 Å². The quantitative estimate of drug-likeness (QED) is 0.615. The fraction of sp³-hybridized carbons (Fsp3) is 0.364. The van der Waals surface area contributed by atoms with Crippen molar-refractivity contribution in [2.45, 2.75) is 25.7 Å². The summed E-state index contributed by atoms with van der Waals surface area (Å²) in [5.74, 6) is -0.425. The first-order valence-corrected chi connectivity index (χ1v) is 8.24. The van der Waals surface area contributed by atoms with Crippen LogP contribution in [-0.4, -0.2) is 13.2 Å². The Hall–Kier alpha value is -1.18. The van der Waals surface area contributed by atoms with E-state index in [0.29, 0.717) is 5.19 Å². The molecule has 0 amide bonds. The van der Waals surface area contributed by atoms with Gasteiger partial charge in [-0.3, -0.25) is 0 Å². The molecule has 0 radical (unpaired) electrons. The van der Waals surface area contributed by atoms with E-state index in [1.54, 1.807) is 18.2 Å². The number of nitrogens with zero attached hydrogens (tertiary/aromatic N) is 1. The van der Waals surface area contributed by atoms with Gasteiger partial charge in [0.05, 0.1) is 14.1 Å². The highest BCUT2D eigenvalue weighted by Crippen LogP contribution is 2.17. The summed E-state index contributed by atoms with van der Waals surface area (Å²) in [7, 11) is -1.76. The number of benzene rings is 1. The molecule has 80 valence electrons. The summed E-state index contributed by atoms with van der Waals surface area (Å²) in [5.41, 5.74) is 0.0809. The molecule has 1 aromatic carbocycles. The van der Waals surface area contributed by atoms with Crippen LogP contribution in [0, 0.1) is 17.1 Å². The standard InChI is InChI=1S/C11H14FNOSi/c1-15(2,3)10-6-4-5-8(11(10)12)9(14)7-13/h4-6,9,14H,1-3H3. The molecule has 4 heteroatoms. The Kier molecular flexibility index (Phi) is 3.27. The third-order valence-corrected chi connectivity index (χ3v) is 4.26. The summed E-state index contributed by atoms with van der Waals surface area (Å²) in [6.45, 7) is 6.07. The molecule has 0 fully saturated rings. The lowest BCUT2D eigenvalue weighted by molar-refractivity contribution is 0.230. The Balaban J connectivity index is 3.31. The maximum absolute atomic E-state index is 13.9. The fourth-order valence-electron chi connectivity index (χ4n) is 1.41. The Morgan fingerprint density at radius 2 is 2.00 bits per heavy atom. The van der Waals surface area contributed by atoms with Gasteiger partial charge in [0.25, 0.3) is 0 Å². The summed E-state index contributed by atoms with van der Waals surface area (Å²) in [6, 6.07) is 6.50. The molecule has 0 aliphatic heterocycles. The van der Waals surface area contributed by atoms with Gasteiger partial charge in [-0.25, -0.2) is 4.39 Å². The smallest absolute Gasteiger partial charge is 0.168 e. The first kappa shape index (κ1) is 11.9. The molecule has 2 nitrogen and oxygen atoms in total. The SMILES string of the molecule is C[Si](C)(C)c1cccc(C(O)C#N)c1F. The van der Waals surface area contributed by atoms with Gasteiger partial charge in [-0.1, -0.05) is 37.8 Å². The summed E-state index contributed by atoms with van der Waals surface area (Å²) in [5, 5.41) is 18.5. The van der Waals surface area contributed by atoms with Gasteiger partial charge >= 0.3 is 0 Å². The highest BCUT2D eigenvalue weighted by molar-refractivity contribution is 6.88. The van der Waals surface area contributed by atoms with Crippen LogP contribution in [0.4, 0.5) is 4.39 Å². The van der Waals surface area contributed by atoms with E-state index in [2.05, 4.69) is 0 Å². The maximum Gasteiger partial charge on any atom is 0.168 e. The lowest BCUT2D eigenvalue weighted by Crippen LogP contribution is -2.40. The van der Waals surface area contributed by atoms with Crippen molar-refractivity contribution in [3.05, 3.63) is 29.6 Å². The number of halogens is 1. The molecule has 0 aromatic heterocycles. The number of hydrogen-bond donors (Lipinski definition) is 1. The number of nitriles is 1. The van der Waals surface area contributed by atoms with Gasteiger partial charge in [-0.15, -0.1) is 0 Å². The monoisotopic (exact) mass is 223 g/mol. The van der Waals surface area contributed by atoms with Crippen LogP contribution in [0.3, 0.4) is 0 Å². The van der Waals surface area contributed by atoms with Crippen molar-refractivity contribution in [3.63, 3.8) is 0 Å². The Bertz CT molecular complexity index is 406. The Morgan fingerprint density at radius 3 is 2.47 bits per heavy atom. The van der Waals surface area contributed by atoms with E-state index in [1.165, 1.54) is 6.07 Å². The van der Waals surface area contributed by atoms with Crippen LogP contribution < -0.4 is 5.19 Å². The molecule has 0 spiro atoms. The zero-order chi connectivity index (χ0) is 11.6. The lowest BCUT2D eigenvalue weighted by Gasteiger charge is -2.19.